The molecule has 2 rings (SSSR count). The molecule has 0 spiro atoms. The van der Waals surface area contributed by atoms with Gasteiger partial charge in [-0.2, -0.15) is 0 Å². The summed E-state index contributed by atoms with van der Waals surface area (Å²) >= 11 is 9.53. The Labute approximate surface area is 115 Å². The molecule has 1 aromatic carbocycles. The minimum atomic E-state index is -0.0870. The Kier molecular flexibility index (Phi) is 4.10. The average molecular weight is 317 g/mol. The van der Waals surface area contributed by atoms with Gasteiger partial charge in [0.2, 0.25) is 0 Å². The van der Waals surface area contributed by atoms with Crippen LogP contribution in [-0.2, 0) is 0 Å². The topological polar surface area (TPSA) is 29.1 Å². The summed E-state index contributed by atoms with van der Waals surface area (Å²) in [7, 11) is 0. The molecule has 1 aliphatic carbocycles. The number of nitrogens with one attached hydrogen (secondary N) is 1. The molecule has 1 amide bonds. The molecule has 2 nitrogen and oxygen atoms in total. The third-order valence-corrected chi connectivity index (χ3v) is 4.72. The van der Waals surface area contributed by atoms with E-state index in [1.54, 1.807) is 12.1 Å². The lowest BCUT2D eigenvalue weighted by Crippen LogP contribution is -2.47. The summed E-state index contributed by atoms with van der Waals surface area (Å²) in [5, 5.41) is 4.44. The van der Waals surface area contributed by atoms with Crippen molar-refractivity contribution in [2.45, 2.75) is 31.2 Å². The van der Waals surface area contributed by atoms with E-state index in [2.05, 4.69) is 21.2 Å². The Balaban J connectivity index is 2.14. The van der Waals surface area contributed by atoms with E-state index < -0.39 is 0 Å². The van der Waals surface area contributed by atoms with Gasteiger partial charge in [-0.1, -0.05) is 52.5 Å². The Morgan fingerprint density at radius 1 is 1.35 bits per heavy atom. The Hall–Kier alpha value is -0.540. The van der Waals surface area contributed by atoms with Gasteiger partial charge in [-0.15, -0.1) is 0 Å². The molecule has 0 aliphatic heterocycles. The number of amides is 1. The van der Waals surface area contributed by atoms with Crippen molar-refractivity contribution in [2.24, 2.45) is 0 Å². The zero-order valence-electron chi connectivity index (χ0n) is 9.51. The second-order valence-corrected chi connectivity index (χ2v) is 5.52. The van der Waals surface area contributed by atoms with Gasteiger partial charge in [0.25, 0.3) is 5.91 Å². The lowest BCUT2D eigenvalue weighted by atomic mass is 10.00. The first-order valence-electron chi connectivity index (χ1n) is 5.80. The van der Waals surface area contributed by atoms with Gasteiger partial charge in [0, 0.05) is 5.33 Å². The highest BCUT2D eigenvalue weighted by Gasteiger charge is 2.34. The van der Waals surface area contributed by atoms with Gasteiger partial charge in [0.1, 0.15) is 0 Å². The predicted molar refractivity (Wildman–Crippen MR) is 73.9 cm³/mol. The van der Waals surface area contributed by atoms with E-state index >= 15 is 0 Å². The molecule has 0 bridgehead atoms. The number of alkyl halides is 1. The second kappa shape index (κ2) is 5.40. The summed E-state index contributed by atoms with van der Waals surface area (Å²) in [6, 6.07) is 7.16. The quantitative estimate of drug-likeness (QED) is 0.845. The first kappa shape index (κ1) is 12.9. The monoisotopic (exact) mass is 315 g/mol. The van der Waals surface area contributed by atoms with Crippen molar-refractivity contribution < 1.29 is 4.79 Å². The number of benzene rings is 1. The molecule has 0 saturated heterocycles. The number of hydrogen-bond donors (Lipinski definition) is 1. The van der Waals surface area contributed by atoms with Crippen LogP contribution in [0.15, 0.2) is 24.3 Å². The van der Waals surface area contributed by atoms with Crippen LogP contribution in [0.5, 0.6) is 0 Å². The summed E-state index contributed by atoms with van der Waals surface area (Å²) in [4.78, 5) is 12.2. The van der Waals surface area contributed by atoms with E-state index in [4.69, 9.17) is 11.6 Å². The average Bonchev–Trinajstić information content (AvgIpc) is 2.79. The van der Waals surface area contributed by atoms with Crippen molar-refractivity contribution in [1.82, 2.24) is 5.32 Å². The van der Waals surface area contributed by atoms with Crippen molar-refractivity contribution >= 4 is 33.4 Å². The predicted octanol–water partition coefficient (Wildman–Crippen LogP) is 3.78. The zero-order valence-corrected chi connectivity index (χ0v) is 11.9. The highest BCUT2D eigenvalue weighted by Crippen LogP contribution is 2.31. The van der Waals surface area contributed by atoms with E-state index in [-0.39, 0.29) is 11.4 Å². The van der Waals surface area contributed by atoms with Gasteiger partial charge in [0.15, 0.2) is 0 Å². The number of halogens is 2. The minimum absolute atomic E-state index is 0.0723. The van der Waals surface area contributed by atoms with Crippen LogP contribution in [0.1, 0.15) is 36.0 Å². The van der Waals surface area contributed by atoms with Crippen LogP contribution in [0.4, 0.5) is 0 Å². The zero-order chi connectivity index (χ0) is 12.3. The molecule has 17 heavy (non-hydrogen) atoms. The van der Waals surface area contributed by atoms with Crippen LogP contribution < -0.4 is 5.32 Å². The van der Waals surface area contributed by atoms with Gasteiger partial charge >= 0.3 is 0 Å². The van der Waals surface area contributed by atoms with Gasteiger partial charge in [-0.25, -0.2) is 0 Å². The van der Waals surface area contributed by atoms with E-state index in [0.717, 1.165) is 18.2 Å². The SMILES string of the molecule is O=C(NC1(CBr)CCCC1)c1ccccc1Cl. The molecular weight excluding hydrogens is 302 g/mol. The minimum Gasteiger partial charge on any atom is -0.346 e. The van der Waals surface area contributed by atoms with Crippen molar-refractivity contribution in [3.8, 4) is 0 Å². The Morgan fingerprint density at radius 3 is 2.59 bits per heavy atom. The van der Waals surface area contributed by atoms with Crippen molar-refractivity contribution in [2.75, 3.05) is 5.33 Å². The molecule has 1 aromatic rings. The van der Waals surface area contributed by atoms with Crippen molar-refractivity contribution in [3.05, 3.63) is 34.9 Å². The molecule has 1 saturated carbocycles. The fraction of sp³-hybridized carbons (Fsp3) is 0.462. The van der Waals surface area contributed by atoms with Gasteiger partial charge in [-0.05, 0) is 25.0 Å². The van der Waals surface area contributed by atoms with Crippen LogP contribution in [0.3, 0.4) is 0 Å². The van der Waals surface area contributed by atoms with Crippen molar-refractivity contribution in [3.63, 3.8) is 0 Å². The fourth-order valence-electron chi connectivity index (χ4n) is 2.30. The van der Waals surface area contributed by atoms with Crippen molar-refractivity contribution in [1.29, 1.82) is 0 Å². The fourth-order valence-corrected chi connectivity index (χ4v) is 3.22. The largest absolute Gasteiger partial charge is 0.346 e. The molecule has 1 aliphatic rings. The standard InChI is InChI=1S/C13H15BrClNO/c14-9-13(7-3-4-8-13)16-12(17)10-5-1-2-6-11(10)15/h1-2,5-6H,3-4,7-9H2,(H,16,17). The maximum absolute atomic E-state index is 12.2. The lowest BCUT2D eigenvalue weighted by Gasteiger charge is -2.28. The summed E-state index contributed by atoms with van der Waals surface area (Å²) in [5.41, 5.74) is 0.470. The Bertz CT molecular complexity index is 416. The number of carbonyl (C=O) groups is 1. The molecule has 1 N–H and O–H groups in total. The van der Waals surface area contributed by atoms with Crippen LogP contribution in [-0.4, -0.2) is 16.8 Å². The molecule has 1 fully saturated rings. The molecule has 0 atom stereocenters. The maximum atomic E-state index is 12.2. The highest BCUT2D eigenvalue weighted by atomic mass is 79.9. The van der Waals surface area contributed by atoms with Gasteiger partial charge in [-0.3, -0.25) is 4.79 Å². The van der Waals surface area contributed by atoms with E-state index in [9.17, 15) is 4.79 Å². The van der Waals surface area contributed by atoms with E-state index in [1.807, 2.05) is 12.1 Å². The van der Waals surface area contributed by atoms with Crippen LogP contribution in [0, 0.1) is 0 Å². The Morgan fingerprint density at radius 2 is 2.00 bits per heavy atom. The molecule has 0 aromatic heterocycles. The lowest BCUT2D eigenvalue weighted by molar-refractivity contribution is 0.0910. The third kappa shape index (κ3) is 2.83. The normalized spacial score (nSPS) is 18.0. The highest BCUT2D eigenvalue weighted by molar-refractivity contribution is 9.09. The summed E-state index contributed by atoms with van der Waals surface area (Å²) in [5.74, 6) is -0.0723. The molecular formula is C13H15BrClNO. The van der Waals surface area contributed by atoms with Gasteiger partial charge in [0.05, 0.1) is 16.1 Å². The number of hydrogen-bond acceptors (Lipinski definition) is 1. The van der Waals surface area contributed by atoms with Crippen LogP contribution >= 0.6 is 27.5 Å². The summed E-state index contributed by atoms with van der Waals surface area (Å²) in [6.07, 6.45) is 4.42. The third-order valence-electron chi connectivity index (χ3n) is 3.31. The molecule has 0 radical (unpaired) electrons. The number of carbonyl (C=O) groups excluding carboxylic acids is 1. The molecule has 92 valence electrons. The maximum Gasteiger partial charge on any atom is 0.253 e. The second-order valence-electron chi connectivity index (χ2n) is 4.56. The van der Waals surface area contributed by atoms with E-state index in [1.165, 1.54) is 12.8 Å². The number of rotatable bonds is 3. The molecule has 0 unspecified atom stereocenters. The summed E-state index contributed by atoms with van der Waals surface area (Å²) < 4.78 is 0. The molecule has 0 heterocycles. The van der Waals surface area contributed by atoms with Crippen LogP contribution in [0.25, 0.3) is 0 Å². The van der Waals surface area contributed by atoms with Gasteiger partial charge < -0.3 is 5.32 Å². The molecule has 4 heteroatoms. The first-order valence-corrected chi connectivity index (χ1v) is 7.30. The summed E-state index contributed by atoms with van der Waals surface area (Å²) in [6.45, 7) is 0. The smallest absolute Gasteiger partial charge is 0.253 e. The van der Waals surface area contributed by atoms with Crippen LogP contribution in [0.2, 0.25) is 5.02 Å². The van der Waals surface area contributed by atoms with E-state index in [0.29, 0.717) is 10.6 Å². The first-order chi connectivity index (χ1) is 8.17.